The van der Waals surface area contributed by atoms with Crippen molar-refractivity contribution in [1.29, 1.82) is 0 Å². The minimum absolute atomic E-state index is 0.242. The highest BCUT2D eigenvalue weighted by Crippen LogP contribution is 2.21. The van der Waals surface area contributed by atoms with Crippen LogP contribution in [0.2, 0.25) is 0 Å². The summed E-state index contributed by atoms with van der Waals surface area (Å²) in [6.07, 6.45) is 0.327. The van der Waals surface area contributed by atoms with Gasteiger partial charge in [0.05, 0.1) is 18.3 Å². The molecule has 1 rings (SSSR count). The van der Waals surface area contributed by atoms with E-state index in [2.05, 4.69) is 0 Å². The number of rotatable bonds is 7. The van der Waals surface area contributed by atoms with Crippen LogP contribution in [-0.4, -0.2) is 25.9 Å². The first-order chi connectivity index (χ1) is 8.50. The summed E-state index contributed by atoms with van der Waals surface area (Å²) in [4.78, 5) is 0. The van der Waals surface area contributed by atoms with Gasteiger partial charge >= 0.3 is 0 Å². The quantitative estimate of drug-likeness (QED) is 0.814. The highest BCUT2D eigenvalue weighted by atomic mass is 19.1. The maximum Gasteiger partial charge on any atom is 0.129 e. The summed E-state index contributed by atoms with van der Waals surface area (Å²) in [5, 5.41) is 0. The summed E-state index contributed by atoms with van der Waals surface area (Å²) in [5.41, 5.74) is 5.90. The normalized spacial score (nSPS) is 13.6. The van der Waals surface area contributed by atoms with Crippen molar-refractivity contribution in [2.24, 2.45) is 5.73 Å². The molecule has 0 heterocycles. The number of methoxy groups -OCH3 is 1. The van der Waals surface area contributed by atoms with E-state index in [1.807, 2.05) is 13.8 Å². The SMILES string of the molecule is COC(C)(C)CCOC(CN)c1ccccc1F. The standard InChI is InChI=1S/C14H22FNO2/c1-14(2,17-3)8-9-18-13(10-16)11-6-4-5-7-12(11)15/h4-7,13H,8-10,16H2,1-3H3. The third kappa shape index (κ3) is 4.37. The molecule has 1 unspecified atom stereocenters. The van der Waals surface area contributed by atoms with Crippen LogP contribution in [0, 0.1) is 5.82 Å². The number of benzene rings is 1. The maximum atomic E-state index is 13.6. The molecular formula is C14H22FNO2. The van der Waals surface area contributed by atoms with Crippen LogP contribution in [0.4, 0.5) is 4.39 Å². The molecule has 0 saturated carbocycles. The first kappa shape index (κ1) is 15.1. The predicted molar refractivity (Wildman–Crippen MR) is 69.9 cm³/mol. The van der Waals surface area contributed by atoms with Crippen molar-refractivity contribution in [1.82, 2.24) is 0 Å². The lowest BCUT2D eigenvalue weighted by molar-refractivity contribution is -0.0262. The van der Waals surface area contributed by atoms with Crippen LogP contribution in [0.1, 0.15) is 31.9 Å². The Labute approximate surface area is 108 Å². The molecule has 1 aromatic carbocycles. The number of hydrogen-bond donors (Lipinski definition) is 1. The molecule has 0 radical (unpaired) electrons. The Morgan fingerprint density at radius 2 is 2.00 bits per heavy atom. The van der Waals surface area contributed by atoms with Gasteiger partial charge in [0.15, 0.2) is 0 Å². The minimum Gasteiger partial charge on any atom is -0.379 e. The molecule has 0 aliphatic rings. The lowest BCUT2D eigenvalue weighted by atomic mass is 10.1. The van der Waals surface area contributed by atoms with E-state index >= 15 is 0 Å². The molecule has 1 aromatic rings. The van der Waals surface area contributed by atoms with Gasteiger partial charge in [0.1, 0.15) is 5.82 Å². The van der Waals surface area contributed by atoms with Crippen LogP contribution in [0.15, 0.2) is 24.3 Å². The Kier molecular flexibility index (Phi) is 5.72. The zero-order valence-corrected chi connectivity index (χ0v) is 11.3. The highest BCUT2D eigenvalue weighted by Gasteiger charge is 2.19. The molecule has 2 N–H and O–H groups in total. The summed E-state index contributed by atoms with van der Waals surface area (Å²) in [7, 11) is 1.66. The Hall–Kier alpha value is -0.970. The van der Waals surface area contributed by atoms with Crippen molar-refractivity contribution in [2.75, 3.05) is 20.3 Å². The number of ether oxygens (including phenoxy) is 2. The molecule has 0 aliphatic carbocycles. The predicted octanol–water partition coefficient (Wildman–Crippen LogP) is 2.66. The van der Waals surface area contributed by atoms with Gasteiger partial charge in [0.25, 0.3) is 0 Å². The van der Waals surface area contributed by atoms with E-state index in [-0.39, 0.29) is 18.0 Å². The Bertz CT molecular complexity index is 369. The second-order valence-electron chi connectivity index (χ2n) is 4.83. The van der Waals surface area contributed by atoms with Gasteiger partial charge in [0.2, 0.25) is 0 Å². The number of halogens is 1. The highest BCUT2D eigenvalue weighted by molar-refractivity contribution is 5.20. The van der Waals surface area contributed by atoms with E-state index < -0.39 is 6.10 Å². The topological polar surface area (TPSA) is 44.5 Å². The molecular weight excluding hydrogens is 233 g/mol. The van der Waals surface area contributed by atoms with E-state index in [0.29, 0.717) is 12.2 Å². The van der Waals surface area contributed by atoms with Gasteiger partial charge in [-0.05, 0) is 26.3 Å². The molecule has 1 atom stereocenters. The Morgan fingerprint density at radius 1 is 1.33 bits per heavy atom. The van der Waals surface area contributed by atoms with E-state index in [9.17, 15) is 4.39 Å². The van der Waals surface area contributed by atoms with Gasteiger partial charge in [-0.1, -0.05) is 18.2 Å². The van der Waals surface area contributed by atoms with Crippen LogP contribution in [0.3, 0.4) is 0 Å². The van der Waals surface area contributed by atoms with Crippen LogP contribution in [-0.2, 0) is 9.47 Å². The smallest absolute Gasteiger partial charge is 0.129 e. The minimum atomic E-state index is -0.404. The zero-order valence-electron chi connectivity index (χ0n) is 11.3. The molecule has 0 fully saturated rings. The lowest BCUT2D eigenvalue weighted by Gasteiger charge is -2.24. The average molecular weight is 255 g/mol. The first-order valence-electron chi connectivity index (χ1n) is 6.11. The zero-order chi connectivity index (χ0) is 13.6. The van der Waals surface area contributed by atoms with E-state index in [1.54, 1.807) is 25.3 Å². The van der Waals surface area contributed by atoms with Gasteiger partial charge in [0, 0.05) is 19.2 Å². The van der Waals surface area contributed by atoms with Gasteiger partial charge in [-0.25, -0.2) is 4.39 Å². The monoisotopic (exact) mass is 255 g/mol. The summed E-state index contributed by atoms with van der Waals surface area (Å²) in [5.74, 6) is -0.279. The van der Waals surface area contributed by atoms with Crippen LogP contribution < -0.4 is 5.73 Å². The van der Waals surface area contributed by atoms with Crippen molar-refractivity contribution in [2.45, 2.75) is 32.0 Å². The molecule has 0 bridgehead atoms. The van der Waals surface area contributed by atoms with Gasteiger partial charge in [-0.15, -0.1) is 0 Å². The molecule has 0 aromatic heterocycles. The molecule has 102 valence electrons. The summed E-state index contributed by atoms with van der Waals surface area (Å²) in [6.45, 7) is 4.71. The molecule has 0 aliphatic heterocycles. The fraction of sp³-hybridized carbons (Fsp3) is 0.571. The fourth-order valence-corrected chi connectivity index (χ4v) is 1.57. The third-order valence-electron chi connectivity index (χ3n) is 3.04. The van der Waals surface area contributed by atoms with Crippen LogP contribution in [0.25, 0.3) is 0 Å². The van der Waals surface area contributed by atoms with Gasteiger partial charge < -0.3 is 15.2 Å². The molecule has 18 heavy (non-hydrogen) atoms. The fourth-order valence-electron chi connectivity index (χ4n) is 1.57. The number of nitrogens with two attached hydrogens (primary N) is 1. The molecule has 0 spiro atoms. The molecule has 0 amide bonds. The van der Waals surface area contributed by atoms with Crippen molar-refractivity contribution in [3.05, 3.63) is 35.6 Å². The summed E-state index contributed by atoms with van der Waals surface area (Å²) >= 11 is 0. The molecule has 0 saturated heterocycles. The average Bonchev–Trinajstić information content (AvgIpc) is 2.36. The third-order valence-corrected chi connectivity index (χ3v) is 3.04. The van der Waals surface area contributed by atoms with Crippen molar-refractivity contribution < 1.29 is 13.9 Å². The summed E-state index contributed by atoms with van der Waals surface area (Å²) in [6, 6.07) is 6.55. The van der Waals surface area contributed by atoms with Crippen molar-refractivity contribution in [3.63, 3.8) is 0 Å². The molecule has 3 nitrogen and oxygen atoms in total. The Balaban J connectivity index is 2.56. The number of hydrogen-bond acceptors (Lipinski definition) is 3. The van der Waals surface area contributed by atoms with Crippen LogP contribution >= 0.6 is 0 Å². The second-order valence-corrected chi connectivity index (χ2v) is 4.83. The van der Waals surface area contributed by atoms with Gasteiger partial charge in [-0.2, -0.15) is 0 Å². The second kappa shape index (κ2) is 6.83. The summed E-state index contributed by atoms with van der Waals surface area (Å²) < 4.78 is 24.5. The van der Waals surface area contributed by atoms with Gasteiger partial charge in [-0.3, -0.25) is 0 Å². The first-order valence-corrected chi connectivity index (χ1v) is 6.11. The maximum absolute atomic E-state index is 13.6. The Morgan fingerprint density at radius 3 is 2.56 bits per heavy atom. The van der Waals surface area contributed by atoms with E-state index in [0.717, 1.165) is 6.42 Å². The largest absolute Gasteiger partial charge is 0.379 e. The van der Waals surface area contributed by atoms with Crippen molar-refractivity contribution >= 4 is 0 Å². The lowest BCUT2D eigenvalue weighted by Crippen LogP contribution is -2.26. The molecule has 4 heteroatoms. The van der Waals surface area contributed by atoms with E-state index in [4.69, 9.17) is 15.2 Å². The van der Waals surface area contributed by atoms with E-state index in [1.165, 1.54) is 6.07 Å². The van der Waals surface area contributed by atoms with Crippen LogP contribution in [0.5, 0.6) is 0 Å². The van der Waals surface area contributed by atoms with Crippen molar-refractivity contribution in [3.8, 4) is 0 Å².